The molecule has 0 bridgehead atoms. The first-order chi connectivity index (χ1) is 15.6. The Hall–Kier alpha value is -3.11. The molecule has 1 fully saturated rings. The predicted octanol–water partition coefficient (Wildman–Crippen LogP) is 6.19. The van der Waals surface area contributed by atoms with Gasteiger partial charge in [0.15, 0.2) is 0 Å². The molecule has 0 saturated carbocycles. The topological polar surface area (TPSA) is 37.6 Å². The normalized spacial score (nSPS) is 13.8. The van der Waals surface area contributed by atoms with Crippen LogP contribution in [0.2, 0.25) is 5.02 Å². The lowest BCUT2D eigenvalue weighted by atomic mass is 10.0. The summed E-state index contributed by atoms with van der Waals surface area (Å²) in [5, 5.41) is 0.738. The molecule has 0 unspecified atom stereocenters. The van der Waals surface area contributed by atoms with E-state index < -0.39 is 0 Å². The highest BCUT2D eigenvalue weighted by Crippen LogP contribution is 2.30. The maximum atomic E-state index is 12.8. The summed E-state index contributed by atoms with van der Waals surface area (Å²) in [5.74, 6) is 0.237. The Balaban J connectivity index is 1.57. The minimum atomic E-state index is 0.237. The number of carbonyl (C=O) groups excluding carboxylic acids is 1. The number of nitrogens with zero attached hydrogens (tertiary/aromatic N) is 3. The van der Waals surface area contributed by atoms with Gasteiger partial charge in [0.1, 0.15) is 5.65 Å². The van der Waals surface area contributed by atoms with Crippen molar-refractivity contribution >= 4 is 23.2 Å². The third-order valence-electron chi connectivity index (χ3n) is 6.30. The molecule has 0 radical (unpaired) electrons. The Morgan fingerprint density at radius 2 is 1.78 bits per heavy atom. The van der Waals surface area contributed by atoms with Gasteiger partial charge in [-0.1, -0.05) is 48.0 Å². The van der Waals surface area contributed by atoms with E-state index in [-0.39, 0.29) is 5.91 Å². The number of carbonyl (C=O) groups is 1. The zero-order chi connectivity index (χ0) is 22.1. The molecule has 3 heterocycles. The zero-order valence-electron chi connectivity index (χ0n) is 18.2. The standard InChI is InChI=1S/C27H26ClN3O/c1-19-17-22(28)10-11-23(19)21-9-13-25-29-27(20-7-3-2-4-8-20)24(31(25)18-21)12-14-26(32)30-15-5-6-16-30/h2-4,7-11,13,17-18H,5-6,12,14-16H2,1H3. The van der Waals surface area contributed by atoms with Crippen molar-refractivity contribution in [3.8, 4) is 22.4 Å². The van der Waals surface area contributed by atoms with Crippen LogP contribution in [0, 0.1) is 6.92 Å². The van der Waals surface area contributed by atoms with Gasteiger partial charge in [-0.3, -0.25) is 4.79 Å². The van der Waals surface area contributed by atoms with E-state index in [2.05, 4.69) is 47.9 Å². The monoisotopic (exact) mass is 443 g/mol. The number of aryl methyl sites for hydroxylation is 2. The lowest BCUT2D eigenvalue weighted by molar-refractivity contribution is -0.130. The van der Waals surface area contributed by atoms with Gasteiger partial charge < -0.3 is 9.30 Å². The first-order valence-electron chi connectivity index (χ1n) is 11.2. The maximum Gasteiger partial charge on any atom is 0.222 e. The fraction of sp³-hybridized carbons (Fsp3) is 0.259. The van der Waals surface area contributed by atoms with E-state index in [4.69, 9.17) is 16.6 Å². The van der Waals surface area contributed by atoms with E-state index in [1.807, 2.05) is 35.2 Å². The van der Waals surface area contributed by atoms with Crippen molar-refractivity contribution in [3.63, 3.8) is 0 Å². The summed E-state index contributed by atoms with van der Waals surface area (Å²) in [7, 11) is 0. The van der Waals surface area contributed by atoms with Crippen LogP contribution >= 0.6 is 11.6 Å². The highest BCUT2D eigenvalue weighted by atomic mass is 35.5. The summed E-state index contributed by atoms with van der Waals surface area (Å²) in [4.78, 5) is 19.7. The molecule has 5 rings (SSSR count). The average Bonchev–Trinajstić information content (AvgIpc) is 3.46. The number of likely N-dealkylation sites (tertiary alicyclic amines) is 1. The van der Waals surface area contributed by atoms with Crippen LogP contribution < -0.4 is 0 Å². The van der Waals surface area contributed by atoms with E-state index in [1.54, 1.807) is 0 Å². The molecule has 4 aromatic rings. The highest BCUT2D eigenvalue weighted by molar-refractivity contribution is 6.30. The van der Waals surface area contributed by atoms with Crippen molar-refractivity contribution in [2.75, 3.05) is 13.1 Å². The Kier molecular flexibility index (Phi) is 5.71. The lowest BCUT2D eigenvalue weighted by Crippen LogP contribution is -2.27. The summed E-state index contributed by atoms with van der Waals surface area (Å²) in [6, 6.07) is 20.4. The largest absolute Gasteiger partial charge is 0.343 e. The molecule has 0 aliphatic carbocycles. The van der Waals surface area contributed by atoms with Crippen LogP contribution in [0.3, 0.4) is 0 Å². The van der Waals surface area contributed by atoms with Crippen molar-refractivity contribution in [1.29, 1.82) is 0 Å². The molecular weight excluding hydrogens is 418 g/mol. The second-order valence-electron chi connectivity index (χ2n) is 8.47. The van der Waals surface area contributed by atoms with Crippen LogP contribution in [-0.2, 0) is 11.2 Å². The van der Waals surface area contributed by atoms with E-state index in [0.717, 1.165) is 70.2 Å². The van der Waals surface area contributed by atoms with Crippen LogP contribution in [-0.4, -0.2) is 33.3 Å². The van der Waals surface area contributed by atoms with Crippen molar-refractivity contribution < 1.29 is 4.79 Å². The molecule has 32 heavy (non-hydrogen) atoms. The quantitative estimate of drug-likeness (QED) is 0.369. The molecule has 1 aliphatic rings. The van der Waals surface area contributed by atoms with Crippen LogP contribution in [0.1, 0.15) is 30.5 Å². The predicted molar refractivity (Wildman–Crippen MR) is 130 cm³/mol. The number of hydrogen-bond donors (Lipinski definition) is 0. The molecule has 0 N–H and O–H groups in total. The highest BCUT2D eigenvalue weighted by Gasteiger charge is 2.20. The summed E-state index contributed by atoms with van der Waals surface area (Å²) < 4.78 is 2.16. The smallest absolute Gasteiger partial charge is 0.222 e. The zero-order valence-corrected chi connectivity index (χ0v) is 19.0. The molecule has 1 amide bonds. The van der Waals surface area contributed by atoms with Crippen molar-refractivity contribution in [2.45, 2.75) is 32.6 Å². The molecule has 2 aromatic heterocycles. The van der Waals surface area contributed by atoms with Crippen LogP contribution in [0.5, 0.6) is 0 Å². The first-order valence-corrected chi connectivity index (χ1v) is 11.6. The van der Waals surface area contributed by atoms with Crippen molar-refractivity contribution in [2.24, 2.45) is 0 Å². The third-order valence-corrected chi connectivity index (χ3v) is 6.53. The minimum Gasteiger partial charge on any atom is -0.343 e. The second kappa shape index (κ2) is 8.79. The Bertz CT molecular complexity index is 1270. The lowest BCUT2D eigenvalue weighted by Gasteiger charge is -2.15. The number of aromatic nitrogens is 2. The number of amides is 1. The molecule has 0 atom stereocenters. The number of pyridine rings is 1. The SMILES string of the molecule is Cc1cc(Cl)ccc1-c1ccc2nc(-c3ccccc3)c(CCC(=O)N3CCCC3)n2c1. The van der Waals surface area contributed by atoms with Gasteiger partial charge >= 0.3 is 0 Å². The third kappa shape index (κ3) is 4.03. The Morgan fingerprint density at radius 1 is 1.00 bits per heavy atom. The molecular formula is C27H26ClN3O. The summed E-state index contributed by atoms with van der Waals surface area (Å²) >= 11 is 6.17. The minimum absolute atomic E-state index is 0.237. The molecule has 1 saturated heterocycles. The van der Waals surface area contributed by atoms with Crippen molar-refractivity contribution in [1.82, 2.24) is 14.3 Å². The molecule has 2 aromatic carbocycles. The van der Waals surface area contributed by atoms with E-state index in [9.17, 15) is 4.79 Å². The fourth-order valence-electron chi connectivity index (χ4n) is 4.62. The number of hydrogen-bond acceptors (Lipinski definition) is 2. The number of benzene rings is 2. The molecule has 4 nitrogen and oxygen atoms in total. The number of halogens is 1. The Labute approximate surface area is 193 Å². The molecule has 1 aliphatic heterocycles. The summed E-state index contributed by atoms with van der Waals surface area (Å²) in [6.45, 7) is 3.85. The van der Waals surface area contributed by atoms with Gasteiger partial charge in [0.05, 0.1) is 11.4 Å². The Morgan fingerprint density at radius 3 is 2.53 bits per heavy atom. The maximum absolute atomic E-state index is 12.8. The van der Waals surface area contributed by atoms with Gasteiger partial charge in [-0.25, -0.2) is 4.98 Å². The molecule has 5 heteroatoms. The average molecular weight is 444 g/mol. The molecule has 162 valence electrons. The van der Waals surface area contributed by atoms with Crippen LogP contribution in [0.4, 0.5) is 0 Å². The van der Waals surface area contributed by atoms with Crippen molar-refractivity contribution in [3.05, 3.63) is 83.1 Å². The summed E-state index contributed by atoms with van der Waals surface area (Å²) in [5.41, 5.74) is 7.37. The van der Waals surface area contributed by atoms with E-state index in [1.165, 1.54) is 0 Å². The van der Waals surface area contributed by atoms with Gasteiger partial charge in [-0.2, -0.15) is 0 Å². The van der Waals surface area contributed by atoms with Gasteiger partial charge in [-0.15, -0.1) is 0 Å². The van der Waals surface area contributed by atoms with E-state index in [0.29, 0.717) is 12.8 Å². The number of imidazole rings is 1. The van der Waals surface area contributed by atoms with Crippen LogP contribution in [0.15, 0.2) is 66.9 Å². The van der Waals surface area contributed by atoms with Gasteiger partial charge in [0.25, 0.3) is 0 Å². The number of fused-ring (bicyclic) bond motifs is 1. The van der Waals surface area contributed by atoms with Crippen LogP contribution in [0.25, 0.3) is 28.0 Å². The summed E-state index contributed by atoms with van der Waals surface area (Å²) in [6.07, 6.45) is 5.52. The number of rotatable bonds is 5. The first kappa shape index (κ1) is 20.8. The molecule has 0 spiro atoms. The van der Waals surface area contributed by atoms with Gasteiger partial charge in [0.2, 0.25) is 5.91 Å². The van der Waals surface area contributed by atoms with Gasteiger partial charge in [-0.05, 0) is 67.1 Å². The fourth-order valence-corrected chi connectivity index (χ4v) is 4.85. The van der Waals surface area contributed by atoms with Gasteiger partial charge in [0, 0.05) is 36.3 Å². The second-order valence-corrected chi connectivity index (χ2v) is 8.90. The van der Waals surface area contributed by atoms with E-state index >= 15 is 0 Å².